The van der Waals surface area contributed by atoms with Crippen LogP contribution in [0.1, 0.15) is 5.56 Å². The molecule has 2 heterocycles. The third-order valence-corrected chi connectivity index (χ3v) is 3.10. The molecular weight excluding hydrogens is 267 g/mol. The Morgan fingerprint density at radius 3 is 2.92 bits per heavy atom. The van der Waals surface area contributed by atoms with Gasteiger partial charge in [0.15, 0.2) is 0 Å². The standard InChI is InChI=1S/C8H11IN2O/c1-6-2-11(10-8(6)9)3-7-4-12-5-7/h2,7H,3-5H2,1H3. The molecule has 12 heavy (non-hydrogen) atoms. The summed E-state index contributed by atoms with van der Waals surface area (Å²) in [5, 5.41) is 4.38. The number of hydrogen-bond donors (Lipinski definition) is 0. The summed E-state index contributed by atoms with van der Waals surface area (Å²) in [6.45, 7) is 4.89. The highest BCUT2D eigenvalue weighted by Gasteiger charge is 2.19. The summed E-state index contributed by atoms with van der Waals surface area (Å²) in [6, 6.07) is 0. The molecule has 0 N–H and O–H groups in total. The van der Waals surface area contributed by atoms with E-state index in [9.17, 15) is 0 Å². The smallest absolute Gasteiger partial charge is 0.126 e. The zero-order valence-corrected chi connectivity index (χ0v) is 9.11. The van der Waals surface area contributed by atoms with Gasteiger partial charge < -0.3 is 4.74 Å². The van der Waals surface area contributed by atoms with Crippen LogP contribution in [-0.2, 0) is 11.3 Å². The van der Waals surface area contributed by atoms with E-state index in [2.05, 4.69) is 40.8 Å². The molecule has 1 aromatic heterocycles. The average molecular weight is 278 g/mol. The Labute approximate surface area is 85.2 Å². The van der Waals surface area contributed by atoms with E-state index in [1.54, 1.807) is 0 Å². The van der Waals surface area contributed by atoms with Crippen LogP contribution in [0, 0.1) is 16.5 Å². The molecule has 66 valence electrons. The first kappa shape index (κ1) is 8.50. The van der Waals surface area contributed by atoms with Crippen LogP contribution in [-0.4, -0.2) is 23.0 Å². The molecule has 1 aromatic rings. The zero-order chi connectivity index (χ0) is 8.55. The van der Waals surface area contributed by atoms with Crippen molar-refractivity contribution < 1.29 is 4.74 Å². The molecule has 0 aromatic carbocycles. The van der Waals surface area contributed by atoms with E-state index >= 15 is 0 Å². The molecule has 1 saturated heterocycles. The summed E-state index contributed by atoms with van der Waals surface area (Å²) in [4.78, 5) is 0. The first-order valence-corrected chi connectivity index (χ1v) is 5.11. The monoisotopic (exact) mass is 278 g/mol. The van der Waals surface area contributed by atoms with Crippen molar-refractivity contribution in [3.63, 3.8) is 0 Å². The lowest BCUT2D eigenvalue weighted by molar-refractivity contribution is -0.0408. The summed E-state index contributed by atoms with van der Waals surface area (Å²) < 4.78 is 8.22. The molecule has 0 radical (unpaired) electrons. The predicted molar refractivity (Wildman–Crippen MR) is 54.0 cm³/mol. The van der Waals surface area contributed by atoms with E-state index in [0.717, 1.165) is 23.5 Å². The highest BCUT2D eigenvalue weighted by molar-refractivity contribution is 14.1. The normalized spacial score (nSPS) is 17.8. The van der Waals surface area contributed by atoms with Crippen molar-refractivity contribution in [2.24, 2.45) is 5.92 Å². The maximum absolute atomic E-state index is 5.10. The molecule has 0 saturated carbocycles. The summed E-state index contributed by atoms with van der Waals surface area (Å²) in [5.74, 6) is 0.681. The second-order valence-electron chi connectivity index (χ2n) is 3.23. The Hall–Kier alpha value is -0.100. The van der Waals surface area contributed by atoms with Crippen LogP contribution < -0.4 is 0 Å². The minimum atomic E-state index is 0.681. The van der Waals surface area contributed by atoms with Crippen LogP contribution in [0.15, 0.2) is 6.20 Å². The Balaban J connectivity index is 2.02. The van der Waals surface area contributed by atoms with Gasteiger partial charge in [-0.05, 0) is 29.5 Å². The molecule has 1 fully saturated rings. The maximum Gasteiger partial charge on any atom is 0.126 e. The van der Waals surface area contributed by atoms with Crippen molar-refractivity contribution in [1.82, 2.24) is 9.78 Å². The van der Waals surface area contributed by atoms with Gasteiger partial charge in [-0.15, -0.1) is 0 Å². The number of ether oxygens (including phenoxy) is 1. The molecule has 1 aliphatic heterocycles. The molecule has 3 nitrogen and oxygen atoms in total. The number of nitrogens with zero attached hydrogens (tertiary/aromatic N) is 2. The minimum absolute atomic E-state index is 0.681. The molecular formula is C8H11IN2O. The van der Waals surface area contributed by atoms with Crippen molar-refractivity contribution >= 4 is 22.6 Å². The fraction of sp³-hybridized carbons (Fsp3) is 0.625. The third kappa shape index (κ3) is 1.64. The Morgan fingerprint density at radius 1 is 1.75 bits per heavy atom. The highest BCUT2D eigenvalue weighted by atomic mass is 127. The summed E-state index contributed by atoms with van der Waals surface area (Å²) in [7, 11) is 0. The van der Waals surface area contributed by atoms with Gasteiger partial charge in [0.2, 0.25) is 0 Å². The second-order valence-corrected chi connectivity index (χ2v) is 4.25. The molecule has 0 aliphatic carbocycles. The van der Waals surface area contributed by atoms with Crippen LogP contribution in [0.2, 0.25) is 0 Å². The van der Waals surface area contributed by atoms with Gasteiger partial charge in [0.1, 0.15) is 3.70 Å². The van der Waals surface area contributed by atoms with Crippen molar-refractivity contribution in [1.29, 1.82) is 0 Å². The van der Waals surface area contributed by atoms with Crippen molar-refractivity contribution in [3.05, 3.63) is 15.5 Å². The molecule has 0 unspecified atom stereocenters. The van der Waals surface area contributed by atoms with E-state index in [1.807, 2.05) is 4.68 Å². The summed E-state index contributed by atoms with van der Waals surface area (Å²) >= 11 is 2.26. The Morgan fingerprint density at radius 2 is 2.50 bits per heavy atom. The zero-order valence-electron chi connectivity index (χ0n) is 6.96. The number of hydrogen-bond acceptors (Lipinski definition) is 2. The molecule has 0 atom stereocenters. The van der Waals surface area contributed by atoms with Crippen LogP contribution in [0.5, 0.6) is 0 Å². The third-order valence-electron chi connectivity index (χ3n) is 2.04. The van der Waals surface area contributed by atoms with E-state index in [1.165, 1.54) is 5.56 Å². The lowest BCUT2D eigenvalue weighted by Crippen LogP contribution is -2.31. The van der Waals surface area contributed by atoms with Gasteiger partial charge in [0.05, 0.1) is 13.2 Å². The van der Waals surface area contributed by atoms with Gasteiger partial charge in [-0.25, -0.2) is 0 Å². The van der Waals surface area contributed by atoms with Crippen molar-refractivity contribution in [3.8, 4) is 0 Å². The topological polar surface area (TPSA) is 27.1 Å². The fourth-order valence-electron chi connectivity index (χ4n) is 1.25. The minimum Gasteiger partial charge on any atom is -0.381 e. The van der Waals surface area contributed by atoms with Gasteiger partial charge in [-0.1, -0.05) is 0 Å². The van der Waals surface area contributed by atoms with Crippen LogP contribution in [0.3, 0.4) is 0 Å². The molecule has 0 spiro atoms. The van der Waals surface area contributed by atoms with Gasteiger partial charge in [-0.3, -0.25) is 4.68 Å². The lowest BCUT2D eigenvalue weighted by Gasteiger charge is -2.25. The first-order chi connectivity index (χ1) is 5.75. The van der Waals surface area contributed by atoms with Crippen LogP contribution in [0.25, 0.3) is 0 Å². The molecule has 0 bridgehead atoms. The first-order valence-electron chi connectivity index (χ1n) is 4.03. The lowest BCUT2D eigenvalue weighted by atomic mass is 10.1. The number of aromatic nitrogens is 2. The highest BCUT2D eigenvalue weighted by Crippen LogP contribution is 2.14. The largest absolute Gasteiger partial charge is 0.381 e. The molecule has 1 aliphatic rings. The number of rotatable bonds is 2. The van der Waals surface area contributed by atoms with E-state index in [-0.39, 0.29) is 0 Å². The Kier molecular flexibility index (Phi) is 2.36. The fourth-order valence-corrected chi connectivity index (χ4v) is 1.66. The number of halogens is 1. The summed E-state index contributed by atoms with van der Waals surface area (Å²) in [6.07, 6.45) is 2.10. The van der Waals surface area contributed by atoms with Crippen molar-refractivity contribution in [2.45, 2.75) is 13.5 Å². The quantitative estimate of drug-likeness (QED) is 0.765. The van der Waals surface area contributed by atoms with Gasteiger partial charge >= 0.3 is 0 Å². The van der Waals surface area contributed by atoms with E-state index in [0.29, 0.717) is 5.92 Å². The van der Waals surface area contributed by atoms with Gasteiger partial charge in [0, 0.05) is 24.2 Å². The van der Waals surface area contributed by atoms with Crippen LogP contribution in [0.4, 0.5) is 0 Å². The predicted octanol–water partition coefficient (Wildman–Crippen LogP) is 1.44. The van der Waals surface area contributed by atoms with Crippen LogP contribution >= 0.6 is 22.6 Å². The maximum atomic E-state index is 5.10. The SMILES string of the molecule is Cc1cn(CC2COC2)nc1I. The number of aryl methyl sites for hydroxylation is 1. The van der Waals surface area contributed by atoms with Gasteiger partial charge in [-0.2, -0.15) is 5.10 Å². The summed E-state index contributed by atoms with van der Waals surface area (Å²) in [5.41, 5.74) is 1.26. The van der Waals surface area contributed by atoms with Crippen molar-refractivity contribution in [2.75, 3.05) is 13.2 Å². The molecule has 0 amide bonds. The Bertz CT molecular complexity index is 261. The molecule has 4 heteroatoms. The molecule has 2 rings (SSSR count). The average Bonchev–Trinajstić information content (AvgIpc) is 2.24. The van der Waals surface area contributed by atoms with E-state index in [4.69, 9.17) is 4.74 Å². The van der Waals surface area contributed by atoms with Gasteiger partial charge in [0.25, 0.3) is 0 Å². The second kappa shape index (κ2) is 3.33. The van der Waals surface area contributed by atoms with E-state index < -0.39 is 0 Å².